The van der Waals surface area contributed by atoms with Gasteiger partial charge in [0.1, 0.15) is 6.61 Å². The lowest BCUT2D eigenvalue weighted by atomic mass is 10.1. The van der Waals surface area contributed by atoms with E-state index in [9.17, 15) is 19.7 Å². The molecule has 0 bridgehead atoms. The lowest BCUT2D eigenvalue weighted by Crippen LogP contribution is -2.39. The summed E-state index contributed by atoms with van der Waals surface area (Å²) in [5, 5.41) is 10.6. The van der Waals surface area contributed by atoms with Crippen LogP contribution in [0.2, 0.25) is 0 Å². The monoisotopic (exact) mass is 352 g/mol. The number of hydrogen-bond donors (Lipinski definition) is 0. The first kappa shape index (κ1) is 17.3. The van der Waals surface area contributed by atoms with Crippen molar-refractivity contribution < 1.29 is 19.2 Å². The summed E-state index contributed by atoms with van der Waals surface area (Å²) in [4.78, 5) is 35.6. The van der Waals surface area contributed by atoms with Gasteiger partial charge in [-0.15, -0.1) is 0 Å². The maximum Gasteiger partial charge on any atom is 0.417 e. The summed E-state index contributed by atoms with van der Waals surface area (Å²) in [6, 6.07) is 15.0. The van der Waals surface area contributed by atoms with Crippen LogP contribution in [0.15, 0.2) is 60.7 Å². The fourth-order valence-corrected chi connectivity index (χ4v) is 2.72. The Morgan fingerprint density at radius 3 is 2.54 bits per heavy atom. The van der Waals surface area contributed by atoms with Crippen molar-refractivity contribution in [1.82, 2.24) is 4.90 Å². The molecule has 0 N–H and O–H groups in total. The van der Waals surface area contributed by atoms with Gasteiger partial charge in [0.2, 0.25) is 0 Å². The summed E-state index contributed by atoms with van der Waals surface area (Å²) in [6.07, 6.45) is 2.64. The minimum atomic E-state index is -0.663. The van der Waals surface area contributed by atoms with Crippen LogP contribution in [-0.4, -0.2) is 34.5 Å². The number of non-ortho nitro benzene ring substituents is 1. The number of nitro groups is 1. The SMILES string of the molecule is O=C(/C=C/c1ccc([N+](=O)[O-])cc1)N1C(=O)OC[C@@H]1Cc1ccccc1. The van der Waals surface area contributed by atoms with Gasteiger partial charge >= 0.3 is 6.09 Å². The van der Waals surface area contributed by atoms with E-state index in [2.05, 4.69) is 0 Å². The van der Waals surface area contributed by atoms with Crippen LogP contribution in [0.3, 0.4) is 0 Å². The second kappa shape index (κ2) is 7.60. The van der Waals surface area contributed by atoms with E-state index in [-0.39, 0.29) is 18.3 Å². The standard InChI is InChI=1S/C19H16N2O5/c22-18(11-8-14-6-9-16(10-7-14)21(24)25)20-17(13-26-19(20)23)12-15-4-2-1-3-5-15/h1-11,17H,12-13H2/b11-8+/t17-/m0/s1. The Morgan fingerprint density at radius 2 is 1.88 bits per heavy atom. The number of amides is 2. The number of ether oxygens (including phenoxy) is 1. The predicted molar refractivity (Wildman–Crippen MR) is 94.3 cm³/mol. The summed E-state index contributed by atoms with van der Waals surface area (Å²) in [7, 11) is 0. The fourth-order valence-electron chi connectivity index (χ4n) is 2.72. The molecule has 26 heavy (non-hydrogen) atoms. The molecule has 1 saturated heterocycles. The van der Waals surface area contributed by atoms with E-state index in [1.807, 2.05) is 30.3 Å². The molecule has 2 amide bonds. The Hall–Kier alpha value is -3.48. The quantitative estimate of drug-likeness (QED) is 0.468. The molecule has 7 nitrogen and oxygen atoms in total. The summed E-state index contributed by atoms with van der Waals surface area (Å²) in [6.45, 7) is 0.158. The number of carbonyl (C=O) groups excluding carboxylic acids is 2. The number of nitro benzene ring substituents is 1. The van der Waals surface area contributed by atoms with Gasteiger partial charge in [-0.05, 0) is 35.8 Å². The maximum absolute atomic E-state index is 12.4. The second-order valence-electron chi connectivity index (χ2n) is 5.81. The molecule has 0 saturated carbocycles. The van der Waals surface area contributed by atoms with Crippen molar-refractivity contribution in [2.45, 2.75) is 12.5 Å². The van der Waals surface area contributed by atoms with Crippen molar-refractivity contribution in [2.75, 3.05) is 6.61 Å². The van der Waals surface area contributed by atoms with Gasteiger partial charge in [0.05, 0.1) is 11.0 Å². The summed E-state index contributed by atoms with van der Waals surface area (Å²) in [5.74, 6) is -0.480. The Morgan fingerprint density at radius 1 is 1.19 bits per heavy atom. The molecular formula is C19H16N2O5. The maximum atomic E-state index is 12.4. The molecule has 2 aromatic rings. The summed E-state index contributed by atoms with van der Waals surface area (Å²) in [5.41, 5.74) is 1.60. The zero-order valence-corrected chi connectivity index (χ0v) is 13.8. The van der Waals surface area contributed by atoms with Crippen LogP contribution in [0.1, 0.15) is 11.1 Å². The van der Waals surface area contributed by atoms with Crippen LogP contribution < -0.4 is 0 Å². The molecule has 1 fully saturated rings. The Balaban J connectivity index is 1.70. The van der Waals surface area contributed by atoms with E-state index >= 15 is 0 Å². The molecule has 1 aliphatic rings. The van der Waals surface area contributed by atoms with Gasteiger partial charge in [0.15, 0.2) is 0 Å². The van der Waals surface area contributed by atoms with Crippen LogP contribution >= 0.6 is 0 Å². The number of cyclic esters (lactones) is 1. The largest absolute Gasteiger partial charge is 0.447 e. The van der Waals surface area contributed by atoms with Gasteiger partial charge in [-0.3, -0.25) is 14.9 Å². The molecule has 7 heteroatoms. The second-order valence-corrected chi connectivity index (χ2v) is 5.81. The third-order valence-electron chi connectivity index (χ3n) is 4.03. The first-order valence-corrected chi connectivity index (χ1v) is 8.01. The first-order chi connectivity index (χ1) is 12.5. The lowest BCUT2D eigenvalue weighted by Gasteiger charge is -2.18. The highest BCUT2D eigenvalue weighted by Crippen LogP contribution is 2.19. The Bertz CT molecular complexity index is 846. The van der Waals surface area contributed by atoms with Gasteiger partial charge in [0.25, 0.3) is 11.6 Å². The Labute approximate surface area is 149 Å². The number of benzene rings is 2. The van der Waals surface area contributed by atoms with Crippen molar-refractivity contribution in [3.8, 4) is 0 Å². The molecule has 1 aliphatic heterocycles. The highest BCUT2D eigenvalue weighted by Gasteiger charge is 2.36. The highest BCUT2D eigenvalue weighted by molar-refractivity contribution is 6.02. The minimum absolute atomic E-state index is 0.0282. The van der Waals surface area contributed by atoms with Gasteiger partial charge in [-0.25, -0.2) is 9.69 Å². The zero-order valence-electron chi connectivity index (χ0n) is 13.8. The normalized spacial score (nSPS) is 16.7. The predicted octanol–water partition coefficient (Wildman–Crippen LogP) is 3.20. The molecule has 0 aromatic heterocycles. The number of carbonyl (C=O) groups is 2. The molecule has 1 atom stereocenters. The fraction of sp³-hybridized carbons (Fsp3) is 0.158. The average molecular weight is 352 g/mol. The van der Waals surface area contributed by atoms with Crippen LogP contribution in [0.25, 0.3) is 6.08 Å². The topological polar surface area (TPSA) is 89.8 Å². The molecule has 0 unspecified atom stereocenters. The zero-order chi connectivity index (χ0) is 18.5. The summed E-state index contributed by atoms with van der Waals surface area (Å²) >= 11 is 0. The van der Waals surface area contributed by atoms with E-state index in [1.54, 1.807) is 0 Å². The minimum Gasteiger partial charge on any atom is -0.447 e. The van der Waals surface area contributed by atoms with Crippen LogP contribution in [0, 0.1) is 10.1 Å². The smallest absolute Gasteiger partial charge is 0.417 e. The third kappa shape index (κ3) is 3.94. The summed E-state index contributed by atoms with van der Waals surface area (Å²) < 4.78 is 5.02. The van der Waals surface area contributed by atoms with Gasteiger partial charge in [0, 0.05) is 18.2 Å². The molecule has 3 rings (SSSR count). The number of nitrogens with zero attached hydrogens (tertiary/aromatic N) is 2. The number of hydrogen-bond acceptors (Lipinski definition) is 5. The molecule has 0 aliphatic carbocycles. The molecule has 0 radical (unpaired) electrons. The number of imide groups is 1. The van der Waals surface area contributed by atoms with Crippen LogP contribution in [0.5, 0.6) is 0 Å². The van der Waals surface area contributed by atoms with Crippen molar-refractivity contribution >= 4 is 23.8 Å². The van der Waals surface area contributed by atoms with Crippen molar-refractivity contribution in [3.63, 3.8) is 0 Å². The van der Waals surface area contributed by atoms with Gasteiger partial charge < -0.3 is 4.74 Å². The van der Waals surface area contributed by atoms with Crippen molar-refractivity contribution in [2.24, 2.45) is 0 Å². The van der Waals surface area contributed by atoms with Crippen LogP contribution in [-0.2, 0) is 16.0 Å². The first-order valence-electron chi connectivity index (χ1n) is 8.01. The molecular weight excluding hydrogens is 336 g/mol. The number of rotatable bonds is 5. The highest BCUT2D eigenvalue weighted by atomic mass is 16.6. The van der Waals surface area contributed by atoms with E-state index < -0.39 is 16.9 Å². The Kier molecular flexibility index (Phi) is 5.07. The molecule has 0 spiro atoms. The average Bonchev–Trinajstić information content (AvgIpc) is 3.01. The lowest BCUT2D eigenvalue weighted by molar-refractivity contribution is -0.384. The van der Waals surface area contributed by atoms with E-state index in [4.69, 9.17) is 4.74 Å². The van der Waals surface area contributed by atoms with E-state index in [1.165, 1.54) is 36.4 Å². The van der Waals surface area contributed by atoms with E-state index in [0.29, 0.717) is 12.0 Å². The van der Waals surface area contributed by atoms with Gasteiger partial charge in [-0.2, -0.15) is 0 Å². The molecule has 132 valence electrons. The van der Waals surface area contributed by atoms with Gasteiger partial charge in [-0.1, -0.05) is 30.3 Å². The van der Waals surface area contributed by atoms with E-state index in [0.717, 1.165) is 10.5 Å². The van der Waals surface area contributed by atoms with Crippen molar-refractivity contribution in [3.05, 3.63) is 81.9 Å². The van der Waals surface area contributed by atoms with Crippen LogP contribution in [0.4, 0.5) is 10.5 Å². The third-order valence-corrected chi connectivity index (χ3v) is 4.03. The molecule has 1 heterocycles. The molecule has 2 aromatic carbocycles. The van der Waals surface area contributed by atoms with Crippen molar-refractivity contribution in [1.29, 1.82) is 0 Å².